The van der Waals surface area contributed by atoms with Crippen LogP contribution in [0, 0.1) is 10.1 Å². The second-order valence-electron chi connectivity index (χ2n) is 3.96. The molecule has 0 spiro atoms. The molecule has 0 heterocycles. The van der Waals surface area contributed by atoms with E-state index in [1.165, 1.54) is 30.3 Å². The molecule has 0 bridgehead atoms. The maximum Gasteiger partial charge on any atom is 1.00 e. The van der Waals surface area contributed by atoms with E-state index in [0.29, 0.717) is 5.69 Å². The van der Waals surface area contributed by atoms with E-state index in [9.17, 15) is 25.1 Å². The number of aromatic carboxylic acids is 1. The number of azo groups is 1. The van der Waals surface area contributed by atoms with Gasteiger partial charge in [-0.05, 0) is 30.3 Å². The van der Waals surface area contributed by atoms with Gasteiger partial charge in [0.05, 0.1) is 22.3 Å². The van der Waals surface area contributed by atoms with Gasteiger partial charge >= 0.3 is 29.6 Å². The minimum absolute atomic E-state index is 0. The van der Waals surface area contributed by atoms with Crippen LogP contribution < -0.4 is 34.7 Å². The first-order valence-corrected chi connectivity index (χ1v) is 5.68. The summed E-state index contributed by atoms with van der Waals surface area (Å²) in [6.45, 7) is 0. The minimum atomic E-state index is -1.53. The minimum Gasteiger partial charge on any atom is -0.545 e. The van der Waals surface area contributed by atoms with Crippen LogP contribution in [-0.4, -0.2) is 16.0 Å². The van der Waals surface area contributed by atoms with Crippen LogP contribution in [0.1, 0.15) is 10.4 Å². The molecule has 0 atom stereocenters. The normalized spacial score (nSPS) is 10.2. The van der Waals surface area contributed by atoms with Gasteiger partial charge in [-0.2, -0.15) is 10.2 Å². The average Bonchev–Trinajstić information content (AvgIpc) is 2.46. The van der Waals surface area contributed by atoms with Crippen LogP contribution in [0.15, 0.2) is 52.7 Å². The van der Waals surface area contributed by atoms with Crippen molar-refractivity contribution in [2.75, 3.05) is 0 Å². The number of hydrogen-bond donors (Lipinski definition) is 1. The van der Waals surface area contributed by atoms with Crippen molar-refractivity contribution in [2.24, 2.45) is 10.2 Å². The number of carboxylic acid groups (broad SMARTS) is 1. The van der Waals surface area contributed by atoms with Crippen LogP contribution in [0.5, 0.6) is 5.75 Å². The number of nitro benzene ring substituents is 1. The Morgan fingerprint density at radius 2 is 1.59 bits per heavy atom. The van der Waals surface area contributed by atoms with Gasteiger partial charge in [0.2, 0.25) is 0 Å². The van der Waals surface area contributed by atoms with E-state index in [0.717, 1.165) is 12.1 Å². The summed E-state index contributed by atoms with van der Waals surface area (Å²) in [5.74, 6) is -1.95. The molecular weight excluding hydrogens is 301 g/mol. The van der Waals surface area contributed by atoms with Crippen LogP contribution >= 0.6 is 0 Å². The molecule has 0 radical (unpaired) electrons. The molecule has 2 aromatic carbocycles. The van der Waals surface area contributed by atoms with Crippen LogP contribution in [0.25, 0.3) is 0 Å². The number of phenols is 1. The fourth-order valence-corrected chi connectivity index (χ4v) is 1.51. The maximum absolute atomic E-state index is 10.7. The number of nitro groups is 1. The first-order chi connectivity index (χ1) is 9.97. The molecule has 0 amide bonds. The molecule has 0 unspecified atom stereocenters. The summed E-state index contributed by atoms with van der Waals surface area (Å²) in [6, 6.07) is 9.00. The first-order valence-electron chi connectivity index (χ1n) is 5.68. The van der Waals surface area contributed by atoms with Crippen LogP contribution in [-0.2, 0) is 0 Å². The van der Waals surface area contributed by atoms with Crippen molar-refractivity contribution in [3.8, 4) is 5.75 Å². The molecule has 0 aliphatic carbocycles. The van der Waals surface area contributed by atoms with E-state index in [1.807, 2.05) is 0 Å². The number of carbonyl (C=O) groups excluding carboxylic acids is 1. The SMILES string of the molecule is O=C([O-])c1cc(N=Nc2ccc([N+](=O)[O-])cc2)ccc1O.[Na+]. The number of benzene rings is 2. The molecule has 9 heteroatoms. The largest absolute Gasteiger partial charge is 1.00 e. The van der Waals surface area contributed by atoms with Gasteiger partial charge in [0, 0.05) is 17.7 Å². The molecule has 0 aliphatic rings. The summed E-state index contributed by atoms with van der Waals surface area (Å²) in [5, 5.41) is 38.2. The molecule has 0 fully saturated rings. The van der Waals surface area contributed by atoms with E-state index in [-0.39, 0.29) is 40.9 Å². The Morgan fingerprint density at radius 3 is 2.14 bits per heavy atom. The fourth-order valence-electron chi connectivity index (χ4n) is 1.51. The zero-order valence-corrected chi connectivity index (χ0v) is 13.5. The molecule has 22 heavy (non-hydrogen) atoms. The van der Waals surface area contributed by atoms with E-state index >= 15 is 0 Å². The van der Waals surface area contributed by atoms with Crippen molar-refractivity contribution < 1.29 is 49.5 Å². The Morgan fingerprint density at radius 1 is 1.05 bits per heavy atom. The first kappa shape index (κ1) is 17.8. The predicted octanol–water partition coefficient (Wildman–Crippen LogP) is -0.917. The summed E-state index contributed by atoms with van der Waals surface area (Å²) in [7, 11) is 0. The fraction of sp³-hybridized carbons (Fsp3) is 0. The summed E-state index contributed by atoms with van der Waals surface area (Å²) in [5.41, 5.74) is 0.0991. The van der Waals surface area contributed by atoms with Gasteiger partial charge in [-0.15, -0.1) is 0 Å². The standard InChI is InChI=1S/C13H9N3O5.Na/c17-12-6-3-9(7-11(12)13(18)19)15-14-8-1-4-10(5-2-8)16(20)21;/h1-7,17H,(H,18,19);/q;+1/p-1. The van der Waals surface area contributed by atoms with Gasteiger partial charge < -0.3 is 15.0 Å². The number of hydrogen-bond acceptors (Lipinski definition) is 7. The van der Waals surface area contributed by atoms with E-state index in [4.69, 9.17) is 0 Å². The van der Waals surface area contributed by atoms with Gasteiger partial charge in [0.25, 0.3) is 5.69 Å². The number of non-ortho nitro benzene ring substituents is 1. The smallest absolute Gasteiger partial charge is 0.545 e. The molecule has 0 saturated carbocycles. The molecule has 0 aliphatic heterocycles. The van der Waals surface area contributed by atoms with E-state index in [1.54, 1.807) is 0 Å². The molecule has 2 aromatic rings. The van der Waals surface area contributed by atoms with Gasteiger partial charge in [0.15, 0.2) is 0 Å². The molecule has 0 saturated heterocycles. The van der Waals surface area contributed by atoms with Gasteiger partial charge in [-0.25, -0.2) is 0 Å². The Bertz CT molecular complexity index is 731. The third-order valence-corrected chi connectivity index (χ3v) is 2.54. The van der Waals surface area contributed by atoms with Gasteiger partial charge in [-0.3, -0.25) is 10.1 Å². The maximum atomic E-state index is 10.7. The average molecular weight is 309 g/mol. The van der Waals surface area contributed by atoms with Crippen LogP contribution in [0.3, 0.4) is 0 Å². The van der Waals surface area contributed by atoms with Crippen LogP contribution in [0.2, 0.25) is 0 Å². The number of carbonyl (C=O) groups is 1. The molecule has 0 aromatic heterocycles. The quantitative estimate of drug-likeness (QED) is 0.338. The molecule has 8 nitrogen and oxygen atoms in total. The van der Waals surface area contributed by atoms with Crippen molar-refractivity contribution in [1.29, 1.82) is 0 Å². The third kappa shape index (κ3) is 4.35. The number of rotatable bonds is 4. The third-order valence-electron chi connectivity index (χ3n) is 2.54. The Balaban J connectivity index is 0.00000242. The zero-order valence-electron chi connectivity index (χ0n) is 11.5. The van der Waals surface area contributed by atoms with Crippen molar-refractivity contribution in [3.05, 3.63) is 58.1 Å². The monoisotopic (exact) mass is 309 g/mol. The number of aromatic hydroxyl groups is 1. The Labute approximate surface area is 146 Å². The number of carboxylic acids is 1. The van der Waals surface area contributed by atoms with E-state index in [2.05, 4.69) is 10.2 Å². The summed E-state index contributed by atoms with van der Waals surface area (Å²) in [4.78, 5) is 20.7. The second-order valence-corrected chi connectivity index (χ2v) is 3.96. The summed E-state index contributed by atoms with van der Waals surface area (Å²) >= 11 is 0. The van der Waals surface area contributed by atoms with Gasteiger partial charge in [-0.1, -0.05) is 0 Å². The van der Waals surface area contributed by atoms with Crippen molar-refractivity contribution >= 4 is 23.0 Å². The topological polar surface area (TPSA) is 128 Å². The zero-order chi connectivity index (χ0) is 15.4. The Hall–Kier alpha value is -2.29. The molecule has 2 rings (SSSR count). The molecule has 1 N–H and O–H groups in total. The van der Waals surface area contributed by atoms with Crippen molar-refractivity contribution in [3.63, 3.8) is 0 Å². The van der Waals surface area contributed by atoms with E-state index < -0.39 is 22.2 Å². The summed E-state index contributed by atoms with van der Waals surface area (Å²) < 4.78 is 0. The summed E-state index contributed by atoms with van der Waals surface area (Å²) in [6.07, 6.45) is 0. The Kier molecular flexibility index (Phi) is 6.17. The predicted molar refractivity (Wildman–Crippen MR) is 69.7 cm³/mol. The second kappa shape index (κ2) is 7.64. The van der Waals surface area contributed by atoms with Gasteiger partial charge in [0.1, 0.15) is 5.75 Å². The number of nitrogens with zero attached hydrogens (tertiary/aromatic N) is 3. The van der Waals surface area contributed by atoms with Crippen molar-refractivity contribution in [2.45, 2.75) is 0 Å². The molecular formula is C13H8N3NaO5. The molecule has 106 valence electrons. The van der Waals surface area contributed by atoms with Crippen molar-refractivity contribution in [1.82, 2.24) is 0 Å². The van der Waals surface area contributed by atoms with Crippen LogP contribution in [0.4, 0.5) is 17.1 Å².